The molecule has 0 bridgehead atoms. The van der Waals surface area contributed by atoms with Crippen LogP contribution in [0.5, 0.6) is 0 Å². The molecule has 1 aliphatic rings. The molecule has 0 amide bonds. The highest BCUT2D eigenvalue weighted by atomic mass is 16.5. The summed E-state index contributed by atoms with van der Waals surface area (Å²) in [5.41, 5.74) is 0.926. The molecular weight excluding hydrogens is 226 g/mol. The molecule has 18 heavy (non-hydrogen) atoms. The van der Waals surface area contributed by atoms with Gasteiger partial charge in [0.1, 0.15) is 11.4 Å². The Labute approximate surface area is 110 Å². The second kappa shape index (κ2) is 5.85. The molecule has 4 heteroatoms. The van der Waals surface area contributed by atoms with Gasteiger partial charge in [0.25, 0.3) is 0 Å². The molecule has 0 radical (unpaired) electrons. The number of hydrogen-bond donors (Lipinski definition) is 2. The zero-order chi connectivity index (χ0) is 13.0. The summed E-state index contributed by atoms with van der Waals surface area (Å²) in [7, 11) is 0. The Bertz CT molecular complexity index is 367. The van der Waals surface area contributed by atoms with Crippen LogP contribution in [0.3, 0.4) is 0 Å². The van der Waals surface area contributed by atoms with Crippen LogP contribution in [-0.2, 0) is 16.9 Å². The molecule has 0 aliphatic carbocycles. The van der Waals surface area contributed by atoms with Crippen LogP contribution < -0.4 is 5.32 Å². The average Bonchev–Trinajstić information content (AvgIpc) is 2.79. The van der Waals surface area contributed by atoms with Crippen LogP contribution in [-0.4, -0.2) is 23.1 Å². The average molecular weight is 251 g/mol. The fraction of sp³-hybridized carbons (Fsp3) is 0.786. The minimum absolute atomic E-state index is 0.214. The molecule has 1 fully saturated rings. The van der Waals surface area contributed by atoms with Crippen LogP contribution in [0.2, 0.25) is 0 Å². The normalized spacial score (nSPS) is 24.7. The number of H-pyrrole nitrogens is 1. The van der Waals surface area contributed by atoms with Crippen molar-refractivity contribution < 1.29 is 4.74 Å². The largest absolute Gasteiger partial charge is 0.367 e. The van der Waals surface area contributed by atoms with E-state index in [-0.39, 0.29) is 5.60 Å². The molecule has 4 nitrogen and oxygen atoms in total. The number of rotatable bonds is 5. The maximum Gasteiger partial charge on any atom is 0.138 e. The molecule has 0 saturated carbocycles. The number of nitrogens with one attached hydrogen (secondary N) is 2. The molecule has 1 atom stereocenters. The molecule has 2 heterocycles. The highest BCUT2D eigenvalue weighted by Crippen LogP contribution is 2.32. The third kappa shape index (κ3) is 3.33. The minimum Gasteiger partial charge on any atom is -0.367 e. The third-order valence-corrected chi connectivity index (χ3v) is 3.47. The van der Waals surface area contributed by atoms with E-state index in [0.717, 1.165) is 37.6 Å². The van der Waals surface area contributed by atoms with Gasteiger partial charge in [-0.15, -0.1) is 0 Å². The molecule has 1 aromatic rings. The molecule has 1 aliphatic heterocycles. The quantitative estimate of drug-likeness (QED) is 0.845. The Morgan fingerprint density at radius 1 is 1.50 bits per heavy atom. The second-order valence-corrected chi connectivity index (χ2v) is 5.82. The van der Waals surface area contributed by atoms with E-state index in [0.29, 0.717) is 5.92 Å². The minimum atomic E-state index is -0.214. The zero-order valence-electron chi connectivity index (χ0n) is 11.8. The number of imidazole rings is 1. The Hall–Kier alpha value is -0.870. The summed E-state index contributed by atoms with van der Waals surface area (Å²) < 4.78 is 5.89. The summed E-state index contributed by atoms with van der Waals surface area (Å²) in [4.78, 5) is 7.89. The van der Waals surface area contributed by atoms with Gasteiger partial charge in [0.05, 0.1) is 0 Å². The van der Waals surface area contributed by atoms with E-state index in [1.165, 1.54) is 12.8 Å². The van der Waals surface area contributed by atoms with E-state index in [9.17, 15) is 0 Å². The van der Waals surface area contributed by atoms with Crippen molar-refractivity contribution in [2.45, 2.75) is 52.2 Å². The van der Waals surface area contributed by atoms with E-state index >= 15 is 0 Å². The van der Waals surface area contributed by atoms with Gasteiger partial charge in [-0.1, -0.05) is 13.8 Å². The Balaban J connectivity index is 1.92. The van der Waals surface area contributed by atoms with E-state index in [4.69, 9.17) is 4.74 Å². The van der Waals surface area contributed by atoms with Gasteiger partial charge in [-0.25, -0.2) is 4.98 Å². The fourth-order valence-electron chi connectivity index (χ4n) is 2.33. The Morgan fingerprint density at radius 3 is 3.00 bits per heavy atom. The molecule has 2 N–H and O–H groups in total. The van der Waals surface area contributed by atoms with Crippen molar-refractivity contribution in [3.05, 3.63) is 17.7 Å². The summed E-state index contributed by atoms with van der Waals surface area (Å²) in [6.07, 6.45) is 5.36. The van der Waals surface area contributed by atoms with Crippen molar-refractivity contribution in [3.8, 4) is 0 Å². The first kappa shape index (κ1) is 13.6. The molecular formula is C14H25N3O. The van der Waals surface area contributed by atoms with Crippen LogP contribution in [0.1, 0.15) is 51.6 Å². The number of nitrogens with zero attached hydrogens (tertiary/aromatic N) is 1. The van der Waals surface area contributed by atoms with Crippen LogP contribution in [0.25, 0.3) is 0 Å². The van der Waals surface area contributed by atoms with Crippen LogP contribution >= 0.6 is 0 Å². The van der Waals surface area contributed by atoms with Gasteiger partial charge in [0.2, 0.25) is 0 Å². The summed E-state index contributed by atoms with van der Waals surface area (Å²) in [6.45, 7) is 9.28. The summed E-state index contributed by atoms with van der Waals surface area (Å²) in [6, 6.07) is 0. The highest BCUT2D eigenvalue weighted by Gasteiger charge is 2.32. The molecule has 102 valence electrons. The maximum absolute atomic E-state index is 5.89. The number of ether oxygens (including phenoxy) is 1. The summed E-state index contributed by atoms with van der Waals surface area (Å²) in [5.74, 6) is 1.65. The van der Waals surface area contributed by atoms with Gasteiger partial charge < -0.3 is 15.0 Å². The first-order valence-corrected chi connectivity index (χ1v) is 6.99. The first-order valence-electron chi connectivity index (χ1n) is 6.99. The number of aromatic nitrogens is 2. The SMILES string of the molecule is CC(C)CNCc1cnc(C2(C)CCCCO2)[nH]1. The molecule has 1 saturated heterocycles. The lowest BCUT2D eigenvalue weighted by Crippen LogP contribution is -2.31. The molecule has 0 aromatic carbocycles. The van der Waals surface area contributed by atoms with Crippen LogP contribution in [0.4, 0.5) is 0 Å². The van der Waals surface area contributed by atoms with Gasteiger partial charge in [-0.05, 0) is 38.6 Å². The van der Waals surface area contributed by atoms with Crippen LogP contribution in [0, 0.1) is 5.92 Å². The predicted molar refractivity (Wildman–Crippen MR) is 72.3 cm³/mol. The zero-order valence-corrected chi connectivity index (χ0v) is 11.8. The number of hydrogen-bond acceptors (Lipinski definition) is 3. The van der Waals surface area contributed by atoms with E-state index in [2.05, 4.69) is 36.1 Å². The smallest absolute Gasteiger partial charge is 0.138 e. The van der Waals surface area contributed by atoms with Crippen molar-refractivity contribution in [1.82, 2.24) is 15.3 Å². The predicted octanol–water partition coefficient (Wildman–Crippen LogP) is 2.57. The van der Waals surface area contributed by atoms with Gasteiger partial charge in [-0.3, -0.25) is 0 Å². The standard InChI is InChI=1S/C14H25N3O/c1-11(2)8-15-9-12-10-16-13(17-12)14(3)6-4-5-7-18-14/h10-11,15H,4-9H2,1-3H3,(H,16,17). The second-order valence-electron chi connectivity index (χ2n) is 5.82. The Kier molecular flexibility index (Phi) is 4.40. The van der Waals surface area contributed by atoms with Crippen molar-refractivity contribution in [1.29, 1.82) is 0 Å². The lowest BCUT2D eigenvalue weighted by atomic mass is 9.95. The lowest BCUT2D eigenvalue weighted by molar-refractivity contribution is -0.0756. The van der Waals surface area contributed by atoms with E-state index in [1.54, 1.807) is 0 Å². The van der Waals surface area contributed by atoms with Gasteiger partial charge in [-0.2, -0.15) is 0 Å². The van der Waals surface area contributed by atoms with Crippen molar-refractivity contribution in [2.75, 3.05) is 13.2 Å². The fourth-order valence-corrected chi connectivity index (χ4v) is 2.33. The monoisotopic (exact) mass is 251 g/mol. The topological polar surface area (TPSA) is 49.9 Å². The Morgan fingerprint density at radius 2 is 2.33 bits per heavy atom. The number of aromatic amines is 1. The summed E-state index contributed by atoms with van der Waals surface area (Å²) in [5, 5.41) is 3.42. The van der Waals surface area contributed by atoms with E-state index < -0.39 is 0 Å². The van der Waals surface area contributed by atoms with Crippen LogP contribution in [0.15, 0.2) is 6.20 Å². The first-order chi connectivity index (χ1) is 8.60. The van der Waals surface area contributed by atoms with Crippen molar-refractivity contribution >= 4 is 0 Å². The molecule has 1 unspecified atom stereocenters. The molecule has 1 aromatic heterocycles. The van der Waals surface area contributed by atoms with Crippen molar-refractivity contribution in [2.24, 2.45) is 5.92 Å². The molecule has 2 rings (SSSR count). The van der Waals surface area contributed by atoms with Crippen molar-refractivity contribution in [3.63, 3.8) is 0 Å². The van der Waals surface area contributed by atoms with Gasteiger partial charge >= 0.3 is 0 Å². The maximum atomic E-state index is 5.89. The van der Waals surface area contributed by atoms with Gasteiger partial charge in [0, 0.05) is 25.0 Å². The molecule has 0 spiro atoms. The summed E-state index contributed by atoms with van der Waals surface area (Å²) >= 11 is 0. The highest BCUT2D eigenvalue weighted by molar-refractivity contribution is 5.08. The van der Waals surface area contributed by atoms with E-state index in [1.807, 2.05) is 6.20 Å². The third-order valence-electron chi connectivity index (χ3n) is 3.47. The lowest BCUT2D eigenvalue weighted by Gasteiger charge is -2.31. The van der Waals surface area contributed by atoms with Gasteiger partial charge in [0.15, 0.2) is 0 Å².